The van der Waals surface area contributed by atoms with Gasteiger partial charge in [0.05, 0.1) is 5.69 Å². The minimum absolute atomic E-state index is 0.177. The summed E-state index contributed by atoms with van der Waals surface area (Å²) in [6.07, 6.45) is 9.05. The average Bonchev–Trinajstić information content (AvgIpc) is 3.36. The number of halogens is 1. The van der Waals surface area contributed by atoms with Crippen LogP contribution in [0.3, 0.4) is 0 Å². The van der Waals surface area contributed by atoms with Crippen molar-refractivity contribution in [1.29, 1.82) is 0 Å². The molecule has 7 heteroatoms. The van der Waals surface area contributed by atoms with Crippen molar-refractivity contribution in [2.75, 3.05) is 6.54 Å². The summed E-state index contributed by atoms with van der Waals surface area (Å²) in [7, 11) is 0. The summed E-state index contributed by atoms with van der Waals surface area (Å²) >= 11 is 0. The zero-order valence-electron chi connectivity index (χ0n) is 15.6. The van der Waals surface area contributed by atoms with E-state index >= 15 is 0 Å². The monoisotopic (exact) mass is 378 g/mol. The van der Waals surface area contributed by atoms with Crippen LogP contribution in [0, 0.1) is 5.82 Å². The largest absolute Gasteiger partial charge is 0.346 e. The molecule has 0 aliphatic heterocycles. The van der Waals surface area contributed by atoms with Crippen LogP contribution >= 0.6 is 0 Å². The van der Waals surface area contributed by atoms with Crippen molar-refractivity contribution in [1.82, 2.24) is 30.1 Å². The second kappa shape index (κ2) is 7.31. The molecule has 5 rings (SSSR count). The van der Waals surface area contributed by atoms with E-state index in [-0.39, 0.29) is 5.82 Å². The van der Waals surface area contributed by atoms with E-state index in [1.165, 1.54) is 17.7 Å². The Labute approximate surface area is 162 Å². The Morgan fingerprint density at radius 2 is 1.93 bits per heavy atom. The number of aromatic nitrogens is 5. The molecule has 1 aliphatic rings. The Hall–Kier alpha value is -2.80. The maximum absolute atomic E-state index is 13.0. The van der Waals surface area contributed by atoms with Crippen LogP contribution in [0.15, 0.2) is 42.9 Å². The molecule has 1 saturated carbocycles. The molecule has 4 aromatic rings. The first-order valence-electron chi connectivity index (χ1n) is 9.93. The fourth-order valence-corrected chi connectivity index (χ4v) is 4.34. The molecule has 3 heterocycles. The van der Waals surface area contributed by atoms with Gasteiger partial charge in [0.2, 0.25) is 0 Å². The first-order chi connectivity index (χ1) is 13.8. The van der Waals surface area contributed by atoms with Gasteiger partial charge in [-0.2, -0.15) is 0 Å². The van der Waals surface area contributed by atoms with Crippen LogP contribution < -0.4 is 5.32 Å². The molecule has 0 spiro atoms. The van der Waals surface area contributed by atoms with Crippen molar-refractivity contribution < 1.29 is 4.39 Å². The smallest absolute Gasteiger partial charge is 0.141 e. The minimum atomic E-state index is -0.177. The molecule has 0 atom stereocenters. The standard InChI is InChI=1S/C21H23FN6/c22-16-5-1-14(2-6-16)9-11-23-17-7-3-15(4-8-17)19-20-18-10-12-24-21(18)25-13-28(20)27-26-19/h1-2,5-6,10,12-13,15,17,23-24H,3-4,7-9,11H2. The van der Waals surface area contributed by atoms with Crippen LogP contribution in [0.2, 0.25) is 0 Å². The molecule has 144 valence electrons. The van der Waals surface area contributed by atoms with Crippen molar-refractivity contribution in [3.63, 3.8) is 0 Å². The summed E-state index contributed by atoms with van der Waals surface area (Å²) < 4.78 is 14.8. The quantitative estimate of drug-likeness (QED) is 0.557. The number of hydrogen-bond acceptors (Lipinski definition) is 4. The fraction of sp³-hybridized carbons (Fsp3) is 0.381. The molecule has 1 aliphatic carbocycles. The predicted molar refractivity (Wildman–Crippen MR) is 106 cm³/mol. The molecule has 0 unspecified atom stereocenters. The highest BCUT2D eigenvalue weighted by Crippen LogP contribution is 2.35. The molecule has 6 nitrogen and oxygen atoms in total. The molecule has 0 bridgehead atoms. The van der Waals surface area contributed by atoms with Crippen molar-refractivity contribution >= 4 is 16.6 Å². The highest BCUT2D eigenvalue weighted by Gasteiger charge is 2.26. The van der Waals surface area contributed by atoms with Gasteiger partial charge in [-0.15, -0.1) is 5.10 Å². The van der Waals surface area contributed by atoms with E-state index < -0.39 is 0 Å². The van der Waals surface area contributed by atoms with Gasteiger partial charge in [-0.1, -0.05) is 17.3 Å². The second-order valence-electron chi connectivity index (χ2n) is 7.63. The molecule has 1 fully saturated rings. The first kappa shape index (κ1) is 17.3. The summed E-state index contributed by atoms with van der Waals surface area (Å²) in [6, 6.07) is 9.37. The lowest BCUT2D eigenvalue weighted by atomic mass is 9.83. The minimum Gasteiger partial charge on any atom is -0.346 e. The van der Waals surface area contributed by atoms with Crippen molar-refractivity contribution in [3.05, 3.63) is 59.9 Å². The number of nitrogens with one attached hydrogen (secondary N) is 2. The Morgan fingerprint density at radius 1 is 1.11 bits per heavy atom. The first-order valence-corrected chi connectivity index (χ1v) is 9.93. The van der Waals surface area contributed by atoms with Crippen molar-refractivity contribution in [2.45, 2.75) is 44.1 Å². The highest BCUT2D eigenvalue weighted by atomic mass is 19.1. The van der Waals surface area contributed by atoms with Crippen molar-refractivity contribution in [3.8, 4) is 0 Å². The molecule has 0 amide bonds. The van der Waals surface area contributed by atoms with Gasteiger partial charge in [-0.25, -0.2) is 13.9 Å². The SMILES string of the molecule is Fc1ccc(CCNC2CCC(c3nnn4cnc5[nH]ccc5c34)CC2)cc1. The number of aromatic amines is 1. The van der Waals surface area contributed by atoms with E-state index in [2.05, 4.69) is 25.6 Å². The molecular formula is C21H23FN6. The van der Waals surface area contributed by atoms with Crippen LogP contribution in [0.5, 0.6) is 0 Å². The van der Waals surface area contributed by atoms with Gasteiger partial charge in [0.1, 0.15) is 23.3 Å². The zero-order valence-corrected chi connectivity index (χ0v) is 15.6. The third kappa shape index (κ3) is 3.26. The van der Waals surface area contributed by atoms with Gasteiger partial charge in [-0.3, -0.25) is 0 Å². The lowest BCUT2D eigenvalue weighted by molar-refractivity contribution is 0.342. The van der Waals surface area contributed by atoms with E-state index in [0.717, 1.165) is 60.9 Å². The van der Waals surface area contributed by atoms with E-state index in [1.807, 2.05) is 24.4 Å². The van der Waals surface area contributed by atoms with Crippen LogP contribution in [0.4, 0.5) is 4.39 Å². The molecule has 1 aromatic carbocycles. The fourth-order valence-electron chi connectivity index (χ4n) is 4.34. The van der Waals surface area contributed by atoms with Gasteiger partial charge in [0.25, 0.3) is 0 Å². The Bertz CT molecular complexity index is 1080. The van der Waals surface area contributed by atoms with Crippen LogP contribution in [-0.2, 0) is 6.42 Å². The van der Waals surface area contributed by atoms with Crippen LogP contribution in [0.1, 0.15) is 42.9 Å². The lowest BCUT2D eigenvalue weighted by Gasteiger charge is -2.28. The molecule has 28 heavy (non-hydrogen) atoms. The second-order valence-corrected chi connectivity index (χ2v) is 7.63. The van der Waals surface area contributed by atoms with Gasteiger partial charge >= 0.3 is 0 Å². The zero-order chi connectivity index (χ0) is 18.9. The molecule has 3 aromatic heterocycles. The van der Waals surface area contributed by atoms with Crippen LogP contribution in [-0.4, -0.2) is 37.4 Å². The molecule has 2 N–H and O–H groups in total. The van der Waals surface area contributed by atoms with Gasteiger partial charge in [0, 0.05) is 23.5 Å². The Morgan fingerprint density at radius 3 is 2.75 bits per heavy atom. The van der Waals surface area contributed by atoms with Crippen molar-refractivity contribution in [2.24, 2.45) is 0 Å². The summed E-state index contributed by atoms with van der Waals surface area (Å²) in [5.74, 6) is 0.261. The number of rotatable bonds is 5. The maximum atomic E-state index is 13.0. The lowest BCUT2D eigenvalue weighted by Crippen LogP contribution is -2.34. The Kier molecular flexibility index (Phi) is 4.52. The number of fused-ring (bicyclic) bond motifs is 3. The normalized spacial score (nSPS) is 20.2. The number of benzene rings is 1. The maximum Gasteiger partial charge on any atom is 0.141 e. The predicted octanol–water partition coefficient (Wildman–Crippen LogP) is 3.60. The third-order valence-electron chi connectivity index (χ3n) is 5.87. The summed E-state index contributed by atoms with van der Waals surface area (Å²) in [5.41, 5.74) is 4.23. The Balaban J connectivity index is 1.21. The molecule has 0 saturated heterocycles. The summed E-state index contributed by atoms with van der Waals surface area (Å²) in [6.45, 7) is 0.922. The van der Waals surface area contributed by atoms with Gasteiger partial charge < -0.3 is 10.3 Å². The van der Waals surface area contributed by atoms with E-state index in [0.29, 0.717) is 12.0 Å². The van der Waals surface area contributed by atoms with Gasteiger partial charge in [0.15, 0.2) is 0 Å². The summed E-state index contributed by atoms with van der Waals surface area (Å²) in [5, 5.41) is 13.5. The molecule has 0 radical (unpaired) electrons. The number of nitrogens with zero attached hydrogens (tertiary/aromatic N) is 4. The van der Waals surface area contributed by atoms with E-state index in [4.69, 9.17) is 0 Å². The molecular weight excluding hydrogens is 355 g/mol. The topological polar surface area (TPSA) is 70.9 Å². The third-order valence-corrected chi connectivity index (χ3v) is 5.87. The van der Waals surface area contributed by atoms with E-state index in [1.54, 1.807) is 10.8 Å². The average molecular weight is 378 g/mol. The number of H-pyrrole nitrogens is 1. The highest BCUT2D eigenvalue weighted by molar-refractivity contribution is 5.92. The number of hydrogen-bond donors (Lipinski definition) is 2. The van der Waals surface area contributed by atoms with Gasteiger partial charge in [-0.05, 0) is 62.4 Å². The van der Waals surface area contributed by atoms with E-state index in [9.17, 15) is 4.39 Å². The summed E-state index contributed by atoms with van der Waals surface area (Å²) in [4.78, 5) is 7.55. The van der Waals surface area contributed by atoms with Crippen LogP contribution in [0.25, 0.3) is 16.6 Å².